The number of halogens is 3. The van der Waals surface area contributed by atoms with E-state index in [0.29, 0.717) is 16.6 Å². The fourth-order valence-electron chi connectivity index (χ4n) is 2.51. The Morgan fingerprint density at radius 2 is 1.44 bits per heavy atom. The van der Waals surface area contributed by atoms with Gasteiger partial charge in [0.2, 0.25) is 0 Å². The first-order chi connectivity index (χ1) is 12.3. The van der Waals surface area contributed by atoms with Crippen molar-refractivity contribution in [3.63, 3.8) is 0 Å². The predicted molar refractivity (Wildman–Crippen MR) is 107 cm³/mol. The standard InChI is InChI=1S/C20H23F3N2OS/c1-12-10-16(26-15-8-6-14(7-9-15)20(21,22)23)11-13(2)17(12)24-18(27)25-19(3,4)5/h6-11H,1-5H3,(H2,24,25,27). The first kappa shape index (κ1) is 21.0. The van der Waals surface area contributed by atoms with E-state index in [1.807, 2.05) is 46.8 Å². The van der Waals surface area contributed by atoms with Crippen molar-refractivity contribution < 1.29 is 17.9 Å². The van der Waals surface area contributed by atoms with Gasteiger partial charge in [-0.1, -0.05) is 0 Å². The third-order valence-electron chi connectivity index (χ3n) is 3.65. The van der Waals surface area contributed by atoms with E-state index in [9.17, 15) is 13.2 Å². The summed E-state index contributed by atoms with van der Waals surface area (Å²) in [6.45, 7) is 9.87. The van der Waals surface area contributed by atoms with Crippen molar-refractivity contribution in [3.05, 3.63) is 53.1 Å². The molecule has 0 radical (unpaired) electrons. The number of ether oxygens (including phenoxy) is 1. The number of anilines is 1. The molecule has 0 amide bonds. The largest absolute Gasteiger partial charge is 0.457 e. The number of aryl methyl sites for hydroxylation is 2. The molecule has 0 aromatic heterocycles. The molecule has 0 fully saturated rings. The van der Waals surface area contributed by atoms with Gasteiger partial charge in [0.05, 0.1) is 5.56 Å². The minimum absolute atomic E-state index is 0.155. The van der Waals surface area contributed by atoms with Gasteiger partial charge >= 0.3 is 6.18 Å². The second kappa shape index (κ2) is 7.76. The lowest BCUT2D eigenvalue weighted by Gasteiger charge is -2.24. The van der Waals surface area contributed by atoms with Crippen LogP contribution in [0.4, 0.5) is 18.9 Å². The van der Waals surface area contributed by atoms with E-state index in [1.165, 1.54) is 12.1 Å². The van der Waals surface area contributed by atoms with Gasteiger partial charge in [0.25, 0.3) is 0 Å². The van der Waals surface area contributed by atoms with Crippen LogP contribution in [-0.2, 0) is 6.18 Å². The molecule has 2 aromatic carbocycles. The van der Waals surface area contributed by atoms with Crippen molar-refractivity contribution in [2.75, 3.05) is 5.32 Å². The van der Waals surface area contributed by atoms with E-state index >= 15 is 0 Å². The molecule has 2 aromatic rings. The molecule has 146 valence electrons. The molecule has 0 saturated carbocycles. The summed E-state index contributed by atoms with van der Waals surface area (Å²) in [4.78, 5) is 0. The molecule has 0 aliphatic heterocycles. The summed E-state index contributed by atoms with van der Waals surface area (Å²) >= 11 is 5.34. The first-order valence-electron chi connectivity index (χ1n) is 8.41. The SMILES string of the molecule is Cc1cc(Oc2ccc(C(F)(F)F)cc2)cc(C)c1NC(=S)NC(C)(C)C. The summed E-state index contributed by atoms with van der Waals surface area (Å²) in [5, 5.41) is 6.90. The molecule has 0 unspecified atom stereocenters. The summed E-state index contributed by atoms with van der Waals surface area (Å²) in [5.41, 5.74) is 1.83. The van der Waals surface area contributed by atoms with Gasteiger partial charge in [0.1, 0.15) is 11.5 Å². The van der Waals surface area contributed by atoms with Crippen molar-refractivity contribution in [1.82, 2.24) is 5.32 Å². The van der Waals surface area contributed by atoms with Crippen LogP contribution >= 0.6 is 12.2 Å². The zero-order valence-electron chi connectivity index (χ0n) is 15.9. The normalized spacial score (nSPS) is 11.9. The van der Waals surface area contributed by atoms with E-state index in [1.54, 1.807) is 0 Å². The van der Waals surface area contributed by atoms with Gasteiger partial charge in [-0.3, -0.25) is 0 Å². The Hall–Kier alpha value is -2.28. The molecule has 0 aliphatic rings. The lowest BCUT2D eigenvalue weighted by atomic mass is 10.1. The van der Waals surface area contributed by atoms with Crippen molar-refractivity contribution >= 4 is 23.0 Å². The quantitative estimate of drug-likeness (QED) is 0.605. The van der Waals surface area contributed by atoms with E-state index in [4.69, 9.17) is 17.0 Å². The zero-order chi connectivity index (χ0) is 20.4. The molecule has 0 bridgehead atoms. The number of alkyl halides is 3. The van der Waals surface area contributed by atoms with Crippen LogP contribution < -0.4 is 15.4 Å². The van der Waals surface area contributed by atoms with E-state index in [2.05, 4.69) is 10.6 Å². The fourth-order valence-corrected chi connectivity index (χ4v) is 2.92. The van der Waals surface area contributed by atoms with Crippen molar-refractivity contribution in [2.45, 2.75) is 46.3 Å². The van der Waals surface area contributed by atoms with Crippen LogP contribution in [0.3, 0.4) is 0 Å². The maximum Gasteiger partial charge on any atom is 0.416 e. The lowest BCUT2D eigenvalue weighted by Crippen LogP contribution is -2.43. The maximum absolute atomic E-state index is 12.6. The molecule has 0 saturated heterocycles. The van der Waals surface area contributed by atoms with Gasteiger partial charge < -0.3 is 15.4 Å². The molecule has 0 aliphatic carbocycles. The maximum atomic E-state index is 12.6. The summed E-state index contributed by atoms with van der Waals surface area (Å²) in [6, 6.07) is 8.24. The molecular formula is C20H23F3N2OS. The summed E-state index contributed by atoms with van der Waals surface area (Å²) in [5.74, 6) is 0.887. The third-order valence-corrected chi connectivity index (χ3v) is 3.85. The molecule has 0 atom stereocenters. The molecule has 0 heterocycles. The van der Waals surface area contributed by atoms with Gasteiger partial charge in [-0.15, -0.1) is 0 Å². The number of benzene rings is 2. The van der Waals surface area contributed by atoms with Crippen LogP contribution in [0.5, 0.6) is 11.5 Å². The molecular weight excluding hydrogens is 373 g/mol. The second-order valence-corrected chi connectivity index (χ2v) is 7.79. The Bertz CT molecular complexity index is 802. The average molecular weight is 396 g/mol. The van der Waals surface area contributed by atoms with Crippen LogP contribution in [0.1, 0.15) is 37.5 Å². The molecule has 7 heteroatoms. The number of nitrogens with one attached hydrogen (secondary N) is 2. The van der Waals surface area contributed by atoms with Crippen molar-refractivity contribution in [2.24, 2.45) is 0 Å². The number of hydrogen-bond donors (Lipinski definition) is 2. The van der Waals surface area contributed by atoms with Gasteiger partial charge in [-0.25, -0.2) is 0 Å². The van der Waals surface area contributed by atoms with Gasteiger partial charge in [-0.2, -0.15) is 13.2 Å². The molecule has 3 nitrogen and oxygen atoms in total. The summed E-state index contributed by atoms with van der Waals surface area (Å²) in [7, 11) is 0. The van der Waals surface area contributed by atoms with Gasteiger partial charge in [0, 0.05) is 11.2 Å². The molecule has 2 N–H and O–H groups in total. The first-order valence-corrected chi connectivity index (χ1v) is 8.81. The number of hydrogen-bond acceptors (Lipinski definition) is 2. The Morgan fingerprint density at radius 1 is 0.926 bits per heavy atom. The fraction of sp³-hybridized carbons (Fsp3) is 0.350. The van der Waals surface area contributed by atoms with E-state index < -0.39 is 11.7 Å². The van der Waals surface area contributed by atoms with E-state index in [-0.39, 0.29) is 5.54 Å². The highest BCUT2D eigenvalue weighted by Crippen LogP contribution is 2.33. The van der Waals surface area contributed by atoms with Crippen LogP contribution in [0, 0.1) is 13.8 Å². The highest BCUT2D eigenvalue weighted by molar-refractivity contribution is 7.80. The topological polar surface area (TPSA) is 33.3 Å². The third kappa shape index (κ3) is 6.13. The van der Waals surface area contributed by atoms with E-state index in [0.717, 1.165) is 28.9 Å². The Labute approximate surface area is 162 Å². The van der Waals surface area contributed by atoms with Crippen LogP contribution in [-0.4, -0.2) is 10.7 Å². The van der Waals surface area contributed by atoms with Crippen molar-refractivity contribution in [3.8, 4) is 11.5 Å². The monoisotopic (exact) mass is 396 g/mol. The minimum Gasteiger partial charge on any atom is -0.457 e. The zero-order valence-corrected chi connectivity index (χ0v) is 16.7. The number of thiocarbonyl (C=S) groups is 1. The predicted octanol–water partition coefficient (Wildman–Crippen LogP) is 6.20. The molecule has 0 spiro atoms. The Balaban J connectivity index is 2.15. The average Bonchev–Trinajstić information content (AvgIpc) is 2.49. The Kier molecular flexibility index (Phi) is 6.04. The number of rotatable bonds is 3. The smallest absolute Gasteiger partial charge is 0.416 e. The highest BCUT2D eigenvalue weighted by Gasteiger charge is 2.30. The summed E-state index contributed by atoms with van der Waals surface area (Å²) < 4.78 is 43.6. The van der Waals surface area contributed by atoms with Crippen LogP contribution in [0.2, 0.25) is 0 Å². The second-order valence-electron chi connectivity index (χ2n) is 7.39. The van der Waals surface area contributed by atoms with Crippen LogP contribution in [0.15, 0.2) is 36.4 Å². The van der Waals surface area contributed by atoms with Gasteiger partial charge in [0.15, 0.2) is 5.11 Å². The lowest BCUT2D eigenvalue weighted by molar-refractivity contribution is -0.137. The van der Waals surface area contributed by atoms with Gasteiger partial charge in [-0.05, 0) is 94.4 Å². The molecule has 2 rings (SSSR count). The minimum atomic E-state index is -4.36. The summed E-state index contributed by atoms with van der Waals surface area (Å²) in [6.07, 6.45) is -4.36. The molecule has 27 heavy (non-hydrogen) atoms. The van der Waals surface area contributed by atoms with Crippen molar-refractivity contribution in [1.29, 1.82) is 0 Å². The van der Waals surface area contributed by atoms with Crippen LogP contribution in [0.25, 0.3) is 0 Å². The Morgan fingerprint density at radius 3 is 1.89 bits per heavy atom. The highest BCUT2D eigenvalue weighted by atomic mass is 32.1.